The maximum absolute atomic E-state index is 6.06. The van der Waals surface area contributed by atoms with Gasteiger partial charge in [-0.3, -0.25) is 19.6 Å². The first-order valence-electron chi connectivity index (χ1n) is 10.5. The number of piperazine rings is 1. The molecular formula is C21H25ClN10. The number of nitrogens with two attached hydrogens (primary N) is 1. The summed E-state index contributed by atoms with van der Waals surface area (Å²) in [6.07, 6.45) is 7.12. The van der Waals surface area contributed by atoms with E-state index in [2.05, 4.69) is 42.1 Å². The van der Waals surface area contributed by atoms with E-state index in [-0.39, 0.29) is 5.82 Å². The number of fused-ring (bicyclic) bond motifs is 1. The first kappa shape index (κ1) is 20.7. The van der Waals surface area contributed by atoms with Crippen LogP contribution in [0.25, 0.3) is 10.9 Å². The van der Waals surface area contributed by atoms with Gasteiger partial charge >= 0.3 is 0 Å². The Hall–Kier alpha value is -3.21. The number of nitrogens with zero attached hydrogens (tertiary/aromatic N) is 8. The molecule has 1 fully saturated rings. The Morgan fingerprint density at radius 3 is 2.75 bits per heavy atom. The van der Waals surface area contributed by atoms with E-state index in [1.54, 1.807) is 6.20 Å². The molecule has 3 aromatic heterocycles. The summed E-state index contributed by atoms with van der Waals surface area (Å²) in [6, 6.07) is 5.98. The Labute approximate surface area is 190 Å². The standard InChI is InChI=1S/C21H25ClN10/c1-29-4-6-30(7-5-29)8-9-31-14-17(12-26-31)32(21-24-13-18(22)20(23)27-21)16-2-3-19-15(10-16)11-25-28-19/h2-3,10-14H,4-9H2,1H3,(H,25,28)(H2,23,24,27). The number of nitrogens with one attached hydrogen (secondary N) is 1. The van der Waals surface area contributed by atoms with Crippen LogP contribution in [0, 0.1) is 0 Å². The fourth-order valence-corrected chi connectivity index (χ4v) is 3.92. The van der Waals surface area contributed by atoms with Crippen LogP contribution in [-0.2, 0) is 6.54 Å². The van der Waals surface area contributed by atoms with E-state index < -0.39 is 0 Å². The van der Waals surface area contributed by atoms with Crippen molar-refractivity contribution in [2.75, 3.05) is 50.4 Å². The molecule has 4 aromatic rings. The molecule has 0 saturated carbocycles. The highest BCUT2D eigenvalue weighted by Crippen LogP contribution is 2.34. The number of halogens is 1. The highest BCUT2D eigenvalue weighted by atomic mass is 35.5. The highest BCUT2D eigenvalue weighted by Gasteiger charge is 2.19. The SMILES string of the molecule is CN1CCN(CCn2cc(N(c3ccc4[nH]ncc4c3)c3ncc(Cl)c(N)n3)cn2)CC1. The van der Waals surface area contributed by atoms with Crippen molar-refractivity contribution in [3.63, 3.8) is 0 Å². The Morgan fingerprint density at radius 1 is 1.09 bits per heavy atom. The minimum atomic E-state index is 0.230. The molecule has 0 atom stereocenters. The Balaban J connectivity index is 1.43. The number of aromatic amines is 1. The van der Waals surface area contributed by atoms with Gasteiger partial charge in [0.05, 0.1) is 42.0 Å². The molecule has 0 spiro atoms. The predicted octanol–water partition coefficient (Wildman–Crippen LogP) is 2.50. The molecule has 166 valence electrons. The van der Waals surface area contributed by atoms with Crippen LogP contribution in [-0.4, -0.2) is 79.5 Å². The van der Waals surface area contributed by atoms with Crippen LogP contribution in [0.1, 0.15) is 0 Å². The summed E-state index contributed by atoms with van der Waals surface area (Å²) in [6.45, 7) is 6.13. The molecule has 1 saturated heterocycles. The average molecular weight is 453 g/mol. The minimum Gasteiger partial charge on any atom is -0.382 e. The van der Waals surface area contributed by atoms with Gasteiger partial charge < -0.3 is 10.6 Å². The van der Waals surface area contributed by atoms with Crippen LogP contribution in [0.5, 0.6) is 0 Å². The van der Waals surface area contributed by atoms with Gasteiger partial charge in [-0.15, -0.1) is 0 Å². The van der Waals surface area contributed by atoms with Gasteiger partial charge in [0.2, 0.25) is 5.95 Å². The fourth-order valence-electron chi connectivity index (χ4n) is 3.83. The molecule has 3 N–H and O–H groups in total. The zero-order valence-electron chi connectivity index (χ0n) is 17.8. The molecule has 10 nitrogen and oxygen atoms in total. The monoisotopic (exact) mass is 452 g/mol. The number of likely N-dealkylation sites (N-methyl/N-ethyl adjacent to an activating group) is 1. The highest BCUT2D eigenvalue weighted by molar-refractivity contribution is 6.32. The molecule has 0 radical (unpaired) electrons. The Morgan fingerprint density at radius 2 is 1.94 bits per heavy atom. The molecule has 32 heavy (non-hydrogen) atoms. The number of benzene rings is 1. The molecule has 0 aliphatic carbocycles. The fraction of sp³-hybridized carbons (Fsp3) is 0.333. The average Bonchev–Trinajstić information content (AvgIpc) is 3.45. The van der Waals surface area contributed by atoms with Crippen molar-refractivity contribution in [1.82, 2.24) is 39.7 Å². The van der Waals surface area contributed by atoms with Crippen molar-refractivity contribution in [1.29, 1.82) is 0 Å². The van der Waals surface area contributed by atoms with Gasteiger partial charge in [-0.1, -0.05) is 11.6 Å². The Kier molecular flexibility index (Phi) is 5.64. The van der Waals surface area contributed by atoms with Gasteiger partial charge in [-0.2, -0.15) is 15.2 Å². The van der Waals surface area contributed by atoms with Crippen molar-refractivity contribution in [3.8, 4) is 0 Å². The third-order valence-electron chi connectivity index (χ3n) is 5.76. The first-order chi connectivity index (χ1) is 15.6. The van der Waals surface area contributed by atoms with Gasteiger partial charge in [0.25, 0.3) is 0 Å². The zero-order valence-corrected chi connectivity index (χ0v) is 18.6. The number of hydrogen-bond acceptors (Lipinski definition) is 8. The van der Waals surface area contributed by atoms with Gasteiger partial charge in [0.1, 0.15) is 10.8 Å². The first-order valence-corrected chi connectivity index (χ1v) is 10.9. The lowest BCUT2D eigenvalue weighted by molar-refractivity contribution is 0.149. The van der Waals surface area contributed by atoms with Crippen molar-refractivity contribution in [3.05, 3.63) is 48.0 Å². The van der Waals surface area contributed by atoms with Crippen LogP contribution in [0.4, 0.5) is 23.1 Å². The van der Waals surface area contributed by atoms with Crippen LogP contribution in [0.3, 0.4) is 0 Å². The summed E-state index contributed by atoms with van der Waals surface area (Å²) in [5, 5.41) is 13.0. The van der Waals surface area contributed by atoms with E-state index in [0.29, 0.717) is 11.0 Å². The third-order valence-corrected chi connectivity index (χ3v) is 6.05. The van der Waals surface area contributed by atoms with E-state index in [1.807, 2.05) is 40.2 Å². The summed E-state index contributed by atoms with van der Waals surface area (Å²) in [7, 11) is 2.16. The Bertz CT molecular complexity index is 1210. The minimum absolute atomic E-state index is 0.230. The molecule has 1 aliphatic rings. The number of nitrogen functional groups attached to an aromatic ring is 1. The number of rotatable bonds is 6. The van der Waals surface area contributed by atoms with Crippen molar-refractivity contribution in [2.45, 2.75) is 6.54 Å². The largest absolute Gasteiger partial charge is 0.382 e. The smallest absolute Gasteiger partial charge is 0.236 e. The van der Waals surface area contributed by atoms with Crippen LogP contribution in [0.15, 0.2) is 43.0 Å². The maximum atomic E-state index is 6.06. The molecule has 0 bridgehead atoms. The predicted molar refractivity (Wildman–Crippen MR) is 126 cm³/mol. The lowest BCUT2D eigenvalue weighted by Gasteiger charge is -2.32. The van der Waals surface area contributed by atoms with E-state index in [9.17, 15) is 0 Å². The van der Waals surface area contributed by atoms with Gasteiger partial charge in [-0.05, 0) is 25.2 Å². The number of hydrogen-bond donors (Lipinski definition) is 2. The molecule has 0 unspecified atom stereocenters. The third kappa shape index (κ3) is 4.24. The molecule has 5 rings (SSSR count). The second kappa shape index (κ2) is 8.73. The molecular weight excluding hydrogens is 428 g/mol. The van der Waals surface area contributed by atoms with Gasteiger partial charge in [0, 0.05) is 44.3 Å². The van der Waals surface area contributed by atoms with E-state index in [1.165, 1.54) is 6.20 Å². The zero-order chi connectivity index (χ0) is 22.1. The van der Waals surface area contributed by atoms with Crippen molar-refractivity contribution in [2.24, 2.45) is 0 Å². The van der Waals surface area contributed by atoms with E-state index in [4.69, 9.17) is 17.3 Å². The maximum Gasteiger partial charge on any atom is 0.236 e. The number of anilines is 4. The summed E-state index contributed by atoms with van der Waals surface area (Å²) < 4.78 is 1.95. The second-order valence-corrected chi connectivity index (χ2v) is 8.39. The second-order valence-electron chi connectivity index (χ2n) is 7.99. The molecule has 0 amide bonds. The van der Waals surface area contributed by atoms with Crippen molar-refractivity contribution < 1.29 is 0 Å². The lowest BCUT2D eigenvalue weighted by atomic mass is 10.2. The number of aromatic nitrogens is 6. The summed E-state index contributed by atoms with van der Waals surface area (Å²) in [4.78, 5) is 15.6. The molecule has 11 heteroatoms. The van der Waals surface area contributed by atoms with Crippen molar-refractivity contribution >= 4 is 45.6 Å². The number of H-pyrrole nitrogens is 1. The lowest BCUT2D eigenvalue weighted by Crippen LogP contribution is -2.45. The van der Waals surface area contributed by atoms with E-state index in [0.717, 1.165) is 61.5 Å². The normalized spacial score (nSPS) is 15.4. The van der Waals surface area contributed by atoms with E-state index >= 15 is 0 Å². The van der Waals surface area contributed by atoms with Crippen LogP contribution in [0.2, 0.25) is 5.02 Å². The van der Waals surface area contributed by atoms with Gasteiger partial charge in [-0.25, -0.2) is 4.98 Å². The summed E-state index contributed by atoms with van der Waals surface area (Å²) >= 11 is 6.06. The molecule has 1 aromatic carbocycles. The van der Waals surface area contributed by atoms with Gasteiger partial charge in [0.15, 0.2) is 0 Å². The topological polar surface area (TPSA) is 108 Å². The van der Waals surface area contributed by atoms with Crippen LogP contribution >= 0.6 is 11.6 Å². The van der Waals surface area contributed by atoms with Crippen LogP contribution < -0.4 is 10.6 Å². The summed E-state index contributed by atoms with van der Waals surface area (Å²) in [5.74, 6) is 0.655. The summed E-state index contributed by atoms with van der Waals surface area (Å²) in [5.41, 5.74) is 8.65. The molecule has 1 aliphatic heterocycles. The molecule has 4 heterocycles. The quantitative estimate of drug-likeness (QED) is 0.459.